The van der Waals surface area contributed by atoms with Gasteiger partial charge in [-0.05, 0) is 42.4 Å². The van der Waals surface area contributed by atoms with E-state index in [1.807, 2.05) is 5.32 Å². The molecular weight excluding hydrogens is 512 g/mol. The van der Waals surface area contributed by atoms with E-state index >= 15 is 0 Å². The second-order valence-electron chi connectivity index (χ2n) is 7.89. The molecule has 6 nitrogen and oxygen atoms in total. The number of imide groups is 1. The van der Waals surface area contributed by atoms with E-state index in [0.717, 1.165) is 35.2 Å². The first kappa shape index (κ1) is 27.8. The number of rotatable bonds is 8. The molecule has 1 aliphatic rings. The Morgan fingerprint density at radius 3 is 2.31 bits per heavy atom. The Morgan fingerprint density at radius 1 is 1.03 bits per heavy atom. The minimum absolute atomic E-state index is 0.0364. The normalized spacial score (nSPS) is 14.5. The van der Waals surface area contributed by atoms with Crippen LogP contribution in [0.4, 0.5) is 31.1 Å². The summed E-state index contributed by atoms with van der Waals surface area (Å²) in [5, 5.41) is 1.91. The van der Waals surface area contributed by atoms with Gasteiger partial charge in [0.15, 0.2) is 0 Å². The number of hydrogen-bond donors (Lipinski definition) is 1. The number of amides is 3. The maximum absolute atomic E-state index is 14.6. The Balaban J connectivity index is 1.73. The molecule has 1 heterocycles. The van der Waals surface area contributed by atoms with Crippen molar-refractivity contribution in [3.8, 4) is 0 Å². The number of carbonyl (C=O) groups excluding carboxylic acids is 2. The number of carbonyl (C=O) groups is 2. The highest BCUT2D eigenvalue weighted by Gasteiger charge is 2.30. The molecule has 0 aromatic heterocycles. The van der Waals surface area contributed by atoms with Crippen LogP contribution in [-0.2, 0) is 11.3 Å². The molecule has 3 amide bonds. The summed E-state index contributed by atoms with van der Waals surface area (Å²) in [6.07, 6.45) is 0.416. The highest BCUT2D eigenvalue weighted by molar-refractivity contribution is 8.00. The Bertz CT molecular complexity index is 1060. The van der Waals surface area contributed by atoms with Crippen molar-refractivity contribution in [2.75, 3.05) is 39.4 Å². The number of urea groups is 1. The van der Waals surface area contributed by atoms with Crippen molar-refractivity contribution in [1.29, 1.82) is 0 Å². The molecule has 0 radical (unpaired) electrons. The number of benzene rings is 2. The topological polar surface area (TPSA) is 61.9 Å². The predicted octanol–water partition coefficient (Wildman–Crippen LogP) is 4.79. The van der Waals surface area contributed by atoms with Crippen LogP contribution in [0.3, 0.4) is 0 Å². The molecule has 0 unspecified atom stereocenters. The van der Waals surface area contributed by atoms with E-state index in [1.165, 1.54) is 0 Å². The van der Waals surface area contributed by atoms with Gasteiger partial charge in [0.05, 0.1) is 19.8 Å². The van der Waals surface area contributed by atoms with Crippen LogP contribution in [-0.4, -0.2) is 66.6 Å². The molecule has 0 spiro atoms. The van der Waals surface area contributed by atoms with Crippen LogP contribution in [0.25, 0.3) is 0 Å². The number of halogens is 6. The van der Waals surface area contributed by atoms with E-state index in [4.69, 9.17) is 4.74 Å². The molecule has 0 aliphatic carbocycles. The van der Waals surface area contributed by atoms with E-state index in [-0.39, 0.29) is 23.5 Å². The SMILES string of the molecule is O=C(NC(=O)N(CCCN1CCOCC1)Cc1ccc(SC(F)(F)F)cc1F)c1c(F)cccc1F. The first-order chi connectivity index (χ1) is 17.0. The van der Waals surface area contributed by atoms with E-state index in [1.54, 1.807) is 0 Å². The third-order valence-corrected chi connectivity index (χ3v) is 6.04. The third-order valence-electron chi connectivity index (χ3n) is 5.32. The molecule has 1 N–H and O–H groups in total. The smallest absolute Gasteiger partial charge is 0.379 e. The van der Waals surface area contributed by atoms with Gasteiger partial charge in [-0.15, -0.1) is 0 Å². The van der Waals surface area contributed by atoms with Crippen LogP contribution in [0.15, 0.2) is 41.3 Å². The quantitative estimate of drug-likeness (QED) is 0.389. The second kappa shape index (κ2) is 12.5. The molecule has 196 valence electrons. The summed E-state index contributed by atoms with van der Waals surface area (Å²) in [5.41, 5.74) is -5.63. The van der Waals surface area contributed by atoms with Gasteiger partial charge >= 0.3 is 11.5 Å². The number of thioether (sulfide) groups is 1. The lowest BCUT2D eigenvalue weighted by atomic mass is 10.2. The van der Waals surface area contributed by atoms with Crippen LogP contribution < -0.4 is 5.32 Å². The highest BCUT2D eigenvalue weighted by Crippen LogP contribution is 2.37. The van der Waals surface area contributed by atoms with Gasteiger partial charge in [0.2, 0.25) is 0 Å². The predicted molar refractivity (Wildman–Crippen MR) is 120 cm³/mol. The summed E-state index contributed by atoms with van der Waals surface area (Å²) < 4.78 is 85.5. The van der Waals surface area contributed by atoms with Crippen molar-refractivity contribution in [2.24, 2.45) is 0 Å². The summed E-state index contributed by atoms with van der Waals surface area (Å²) in [6, 6.07) is 4.64. The minimum Gasteiger partial charge on any atom is -0.379 e. The Morgan fingerprint density at radius 2 is 1.69 bits per heavy atom. The fourth-order valence-electron chi connectivity index (χ4n) is 3.57. The van der Waals surface area contributed by atoms with Crippen molar-refractivity contribution >= 4 is 23.7 Å². The molecular formula is C23H23F6N3O3S. The van der Waals surface area contributed by atoms with Crippen molar-refractivity contribution in [3.63, 3.8) is 0 Å². The lowest BCUT2D eigenvalue weighted by Gasteiger charge is -2.28. The van der Waals surface area contributed by atoms with Gasteiger partial charge in [-0.3, -0.25) is 15.0 Å². The second-order valence-corrected chi connectivity index (χ2v) is 9.02. The summed E-state index contributed by atoms with van der Waals surface area (Å²) in [5.74, 6) is -4.61. The zero-order valence-corrected chi connectivity index (χ0v) is 19.7. The van der Waals surface area contributed by atoms with E-state index in [9.17, 15) is 35.9 Å². The first-order valence-corrected chi connectivity index (χ1v) is 11.7. The highest BCUT2D eigenvalue weighted by atomic mass is 32.2. The van der Waals surface area contributed by atoms with Crippen LogP contribution in [0.1, 0.15) is 22.3 Å². The van der Waals surface area contributed by atoms with Gasteiger partial charge in [0.25, 0.3) is 5.91 Å². The summed E-state index contributed by atoms with van der Waals surface area (Å²) in [7, 11) is 0. The van der Waals surface area contributed by atoms with Crippen LogP contribution in [0, 0.1) is 17.5 Å². The molecule has 0 bridgehead atoms. The zero-order valence-electron chi connectivity index (χ0n) is 18.9. The van der Waals surface area contributed by atoms with E-state index in [2.05, 4.69) is 4.90 Å². The van der Waals surface area contributed by atoms with Crippen molar-refractivity contribution in [3.05, 3.63) is 65.0 Å². The summed E-state index contributed by atoms with van der Waals surface area (Å²) in [6.45, 7) is 2.70. The largest absolute Gasteiger partial charge is 0.446 e. The van der Waals surface area contributed by atoms with Gasteiger partial charge in [-0.2, -0.15) is 13.2 Å². The lowest BCUT2D eigenvalue weighted by Crippen LogP contribution is -2.44. The monoisotopic (exact) mass is 535 g/mol. The Hall–Kier alpha value is -2.77. The average molecular weight is 536 g/mol. The van der Waals surface area contributed by atoms with Crippen molar-refractivity contribution < 1.29 is 40.7 Å². The maximum Gasteiger partial charge on any atom is 0.446 e. The molecule has 0 atom stereocenters. The first-order valence-electron chi connectivity index (χ1n) is 10.9. The van der Waals surface area contributed by atoms with Crippen molar-refractivity contribution in [1.82, 2.24) is 15.1 Å². The van der Waals surface area contributed by atoms with E-state index < -0.39 is 52.2 Å². The number of hydrogen-bond acceptors (Lipinski definition) is 5. The summed E-state index contributed by atoms with van der Waals surface area (Å²) in [4.78, 5) is 28.0. The zero-order chi connectivity index (χ0) is 26.3. The van der Waals surface area contributed by atoms with Gasteiger partial charge < -0.3 is 9.64 Å². The minimum atomic E-state index is -4.60. The number of nitrogens with zero attached hydrogens (tertiary/aromatic N) is 2. The number of ether oxygens (including phenoxy) is 1. The maximum atomic E-state index is 14.6. The van der Waals surface area contributed by atoms with Crippen molar-refractivity contribution in [2.45, 2.75) is 23.4 Å². The fraction of sp³-hybridized carbons (Fsp3) is 0.391. The molecule has 2 aromatic rings. The van der Waals surface area contributed by atoms with Crippen LogP contribution in [0.5, 0.6) is 0 Å². The number of nitrogens with one attached hydrogen (secondary N) is 1. The van der Waals surface area contributed by atoms with Gasteiger partial charge in [-0.25, -0.2) is 18.0 Å². The number of alkyl halides is 3. The molecule has 1 fully saturated rings. The molecule has 1 aliphatic heterocycles. The standard InChI is InChI=1S/C23H23F6N3O3S/c24-17-3-1-4-18(25)20(17)21(33)30-22(34)32(8-2-7-31-9-11-35-12-10-31)14-15-5-6-16(13-19(15)26)36-23(27,28)29/h1,3-6,13H,2,7-12,14H2,(H,30,33,34). The third kappa shape index (κ3) is 8.14. The van der Waals surface area contributed by atoms with Gasteiger partial charge in [0.1, 0.15) is 23.0 Å². The molecule has 13 heteroatoms. The summed E-state index contributed by atoms with van der Waals surface area (Å²) >= 11 is -0.477. The molecule has 3 rings (SSSR count). The average Bonchev–Trinajstić information content (AvgIpc) is 2.79. The lowest BCUT2D eigenvalue weighted by molar-refractivity contribution is -0.0328. The van der Waals surface area contributed by atoms with E-state index in [0.29, 0.717) is 45.3 Å². The molecule has 0 saturated carbocycles. The van der Waals surface area contributed by atoms with Crippen LogP contribution in [0.2, 0.25) is 0 Å². The van der Waals surface area contributed by atoms with Gasteiger partial charge in [0, 0.05) is 36.6 Å². The molecule has 36 heavy (non-hydrogen) atoms. The Kier molecular flexibility index (Phi) is 9.63. The van der Waals surface area contributed by atoms with Crippen LogP contribution >= 0.6 is 11.8 Å². The van der Waals surface area contributed by atoms with Gasteiger partial charge in [-0.1, -0.05) is 12.1 Å². The fourth-order valence-corrected chi connectivity index (χ4v) is 4.14. The Labute approximate surface area is 207 Å². The molecule has 2 aromatic carbocycles. The molecule has 1 saturated heterocycles. The number of morpholine rings is 1.